The first-order valence-corrected chi connectivity index (χ1v) is 6.42. The molecule has 4 heteroatoms. The third-order valence-electron chi connectivity index (χ3n) is 2.90. The molecule has 1 heterocycles. The Morgan fingerprint density at radius 2 is 1.71 bits per heavy atom. The van der Waals surface area contributed by atoms with E-state index in [4.69, 9.17) is 0 Å². The fourth-order valence-corrected chi connectivity index (χ4v) is 3.05. The number of anilines is 1. The maximum atomic E-state index is 11.9. The molecule has 1 saturated heterocycles. The van der Waals surface area contributed by atoms with Gasteiger partial charge >= 0.3 is 0 Å². The molecule has 17 heavy (non-hydrogen) atoms. The van der Waals surface area contributed by atoms with Crippen molar-refractivity contribution in [2.75, 3.05) is 4.90 Å². The Hall–Kier alpha value is -1.16. The summed E-state index contributed by atoms with van der Waals surface area (Å²) in [6, 6.07) is 3.91. The Bertz CT molecular complexity index is 457. The normalized spacial score (nSPS) is 16.5. The van der Waals surface area contributed by atoms with Crippen LogP contribution in [0.1, 0.15) is 30.4 Å². The molecule has 0 spiro atoms. The fraction of sp³-hybridized carbons (Fsp3) is 0.385. The Labute approximate surface area is 109 Å². The first kappa shape index (κ1) is 12.3. The summed E-state index contributed by atoms with van der Waals surface area (Å²) in [6.07, 6.45) is 1.56. The van der Waals surface area contributed by atoms with Crippen LogP contribution in [0.4, 0.5) is 5.69 Å². The Morgan fingerprint density at radius 3 is 2.24 bits per heavy atom. The largest absolute Gasteiger partial charge is 0.274 e. The van der Waals surface area contributed by atoms with E-state index in [1.165, 1.54) is 4.90 Å². The van der Waals surface area contributed by atoms with E-state index < -0.39 is 0 Å². The Morgan fingerprint density at radius 1 is 1.12 bits per heavy atom. The van der Waals surface area contributed by atoms with Gasteiger partial charge < -0.3 is 0 Å². The molecule has 1 fully saturated rings. The van der Waals surface area contributed by atoms with Crippen molar-refractivity contribution in [3.63, 3.8) is 0 Å². The zero-order valence-corrected chi connectivity index (χ0v) is 11.5. The van der Waals surface area contributed by atoms with Crippen LogP contribution in [0.2, 0.25) is 0 Å². The van der Waals surface area contributed by atoms with Crippen LogP contribution in [0.25, 0.3) is 0 Å². The number of rotatable bonds is 1. The maximum Gasteiger partial charge on any atom is 0.233 e. The summed E-state index contributed by atoms with van der Waals surface area (Å²) in [5.41, 5.74) is 2.75. The van der Waals surface area contributed by atoms with E-state index in [1.807, 2.05) is 26.0 Å². The molecule has 0 atom stereocenters. The molecule has 0 N–H and O–H groups in total. The van der Waals surface area contributed by atoms with Crippen molar-refractivity contribution in [1.82, 2.24) is 0 Å². The molecule has 0 saturated carbocycles. The number of hydrogen-bond acceptors (Lipinski definition) is 2. The number of imide groups is 1. The van der Waals surface area contributed by atoms with Crippen molar-refractivity contribution in [2.24, 2.45) is 0 Å². The van der Waals surface area contributed by atoms with Crippen molar-refractivity contribution < 1.29 is 9.59 Å². The third-order valence-corrected chi connectivity index (χ3v) is 3.51. The molecular formula is C13H14BrNO2. The van der Waals surface area contributed by atoms with Crippen LogP contribution in [0.3, 0.4) is 0 Å². The van der Waals surface area contributed by atoms with Gasteiger partial charge in [-0.15, -0.1) is 0 Å². The SMILES string of the molecule is Cc1cc(C)c(N2C(=O)CCCC2=O)c(Br)c1. The lowest BCUT2D eigenvalue weighted by molar-refractivity contribution is -0.129. The lowest BCUT2D eigenvalue weighted by Gasteiger charge is -2.27. The van der Waals surface area contributed by atoms with Crippen LogP contribution >= 0.6 is 15.9 Å². The van der Waals surface area contributed by atoms with E-state index in [0.717, 1.165) is 15.6 Å². The zero-order chi connectivity index (χ0) is 12.6. The van der Waals surface area contributed by atoms with Gasteiger partial charge in [-0.05, 0) is 53.4 Å². The molecule has 0 bridgehead atoms. The number of amides is 2. The van der Waals surface area contributed by atoms with Crippen molar-refractivity contribution >= 4 is 33.4 Å². The van der Waals surface area contributed by atoms with Gasteiger partial charge in [0.05, 0.1) is 5.69 Å². The van der Waals surface area contributed by atoms with E-state index in [0.29, 0.717) is 24.9 Å². The topological polar surface area (TPSA) is 37.4 Å². The summed E-state index contributed by atoms with van der Waals surface area (Å²) in [4.78, 5) is 25.1. The Kier molecular flexibility index (Phi) is 3.33. The van der Waals surface area contributed by atoms with Gasteiger partial charge in [0.1, 0.15) is 0 Å². The number of hydrogen-bond donors (Lipinski definition) is 0. The van der Waals surface area contributed by atoms with E-state index in [9.17, 15) is 9.59 Å². The standard InChI is InChI=1S/C13H14BrNO2/c1-8-6-9(2)13(10(14)7-8)15-11(16)4-3-5-12(15)17/h6-7H,3-5H2,1-2H3. The quantitative estimate of drug-likeness (QED) is 0.747. The number of carbonyl (C=O) groups is 2. The molecular weight excluding hydrogens is 282 g/mol. The summed E-state index contributed by atoms with van der Waals surface area (Å²) >= 11 is 3.44. The number of aryl methyl sites for hydroxylation is 2. The third kappa shape index (κ3) is 2.27. The van der Waals surface area contributed by atoms with Crippen molar-refractivity contribution in [3.8, 4) is 0 Å². The minimum absolute atomic E-state index is 0.103. The number of benzene rings is 1. The highest BCUT2D eigenvalue weighted by Crippen LogP contribution is 2.33. The molecule has 2 rings (SSSR count). The van der Waals surface area contributed by atoms with Crippen LogP contribution in [-0.2, 0) is 9.59 Å². The van der Waals surface area contributed by atoms with Gasteiger partial charge in [-0.2, -0.15) is 0 Å². The summed E-state index contributed by atoms with van der Waals surface area (Å²) in [5.74, 6) is -0.206. The highest BCUT2D eigenvalue weighted by atomic mass is 79.9. The predicted octanol–water partition coefficient (Wildman–Crippen LogP) is 3.11. The van der Waals surface area contributed by atoms with Crippen molar-refractivity contribution in [3.05, 3.63) is 27.7 Å². The van der Waals surface area contributed by atoms with Crippen LogP contribution in [-0.4, -0.2) is 11.8 Å². The van der Waals surface area contributed by atoms with Crippen LogP contribution < -0.4 is 4.90 Å². The van der Waals surface area contributed by atoms with Gasteiger partial charge in [-0.1, -0.05) is 6.07 Å². The number of nitrogens with zero attached hydrogens (tertiary/aromatic N) is 1. The second-order valence-corrected chi connectivity index (χ2v) is 5.24. The van der Waals surface area contributed by atoms with E-state index in [-0.39, 0.29) is 11.8 Å². The molecule has 1 aliphatic heterocycles. The van der Waals surface area contributed by atoms with Crippen LogP contribution in [0, 0.1) is 13.8 Å². The highest BCUT2D eigenvalue weighted by Gasteiger charge is 2.29. The predicted molar refractivity (Wildman–Crippen MR) is 70.0 cm³/mol. The first-order chi connectivity index (χ1) is 8.00. The monoisotopic (exact) mass is 295 g/mol. The van der Waals surface area contributed by atoms with Gasteiger partial charge in [-0.25, -0.2) is 4.90 Å². The molecule has 0 aromatic heterocycles. The summed E-state index contributed by atoms with van der Waals surface area (Å²) < 4.78 is 0.804. The van der Waals surface area contributed by atoms with Gasteiger partial charge in [0, 0.05) is 17.3 Å². The molecule has 0 unspecified atom stereocenters. The fourth-order valence-electron chi connectivity index (χ4n) is 2.19. The van der Waals surface area contributed by atoms with Crippen LogP contribution in [0.15, 0.2) is 16.6 Å². The van der Waals surface area contributed by atoms with Crippen molar-refractivity contribution in [1.29, 1.82) is 0 Å². The van der Waals surface area contributed by atoms with Crippen LogP contribution in [0.5, 0.6) is 0 Å². The van der Waals surface area contributed by atoms with E-state index >= 15 is 0 Å². The summed E-state index contributed by atoms with van der Waals surface area (Å²) in [6.45, 7) is 3.91. The molecule has 0 radical (unpaired) electrons. The number of halogens is 1. The molecule has 3 nitrogen and oxygen atoms in total. The summed E-state index contributed by atoms with van der Waals surface area (Å²) in [5, 5.41) is 0. The Balaban J connectivity index is 2.52. The molecule has 1 aromatic carbocycles. The molecule has 1 aliphatic rings. The molecule has 1 aromatic rings. The molecule has 0 aliphatic carbocycles. The molecule has 90 valence electrons. The summed E-state index contributed by atoms with van der Waals surface area (Å²) in [7, 11) is 0. The smallest absolute Gasteiger partial charge is 0.233 e. The van der Waals surface area contributed by atoms with E-state index in [2.05, 4.69) is 15.9 Å². The number of carbonyl (C=O) groups excluding carboxylic acids is 2. The lowest BCUT2D eigenvalue weighted by Crippen LogP contribution is -2.40. The minimum atomic E-state index is -0.103. The number of piperidine rings is 1. The first-order valence-electron chi connectivity index (χ1n) is 5.63. The zero-order valence-electron chi connectivity index (χ0n) is 9.92. The van der Waals surface area contributed by atoms with Gasteiger partial charge in [0.25, 0.3) is 0 Å². The maximum absolute atomic E-state index is 11.9. The van der Waals surface area contributed by atoms with Gasteiger partial charge in [0.2, 0.25) is 11.8 Å². The molecule has 2 amide bonds. The average molecular weight is 296 g/mol. The van der Waals surface area contributed by atoms with Gasteiger partial charge in [-0.3, -0.25) is 9.59 Å². The lowest BCUT2D eigenvalue weighted by atomic mass is 10.0. The minimum Gasteiger partial charge on any atom is -0.274 e. The van der Waals surface area contributed by atoms with E-state index in [1.54, 1.807) is 0 Å². The van der Waals surface area contributed by atoms with Gasteiger partial charge in [0.15, 0.2) is 0 Å². The average Bonchev–Trinajstić information content (AvgIpc) is 2.21. The second kappa shape index (κ2) is 4.61. The second-order valence-electron chi connectivity index (χ2n) is 4.39. The van der Waals surface area contributed by atoms with Crippen molar-refractivity contribution in [2.45, 2.75) is 33.1 Å². The highest BCUT2D eigenvalue weighted by molar-refractivity contribution is 9.10.